The van der Waals surface area contributed by atoms with Gasteiger partial charge in [0.05, 0.1) is 22.4 Å². The Hall–Kier alpha value is -6.33. The van der Waals surface area contributed by atoms with Crippen molar-refractivity contribution in [2.75, 3.05) is 0 Å². The molecule has 0 atom stereocenters. The minimum absolute atomic E-state index is 0.0138. The highest BCUT2D eigenvalue weighted by Gasteiger charge is 2.15. The van der Waals surface area contributed by atoms with E-state index in [0.717, 1.165) is 72.5 Å². The lowest BCUT2D eigenvalue weighted by molar-refractivity contribution is 0.712. The van der Waals surface area contributed by atoms with E-state index in [2.05, 4.69) is 127 Å². The summed E-state index contributed by atoms with van der Waals surface area (Å²) in [5.41, 5.74) is 13.5. The van der Waals surface area contributed by atoms with Gasteiger partial charge in [-0.25, -0.2) is 14.8 Å². The van der Waals surface area contributed by atoms with Crippen LogP contribution in [0.4, 0.5) is 0 Å². The molecule has 8 aromatic rings. The van der Waals surface area contributed by atoms with Crippen molar-refractivity contribution in [2.45, 2.75) is 13.5 Å². The van der Waals surface area contributed by atoms with Gasteiger partial charge in [-0.3, -0.25) is 9.13 Å². The quantitative estimate of drug-likeness (QED) is 0.175. The Kier molecular flexibility index (Phi) is 7.78. The molecule has 8 rings (SSSR count). The first-order chi connectivity index (χ1) is 24.1. The SMILES string of the molecule is CCn1c(=O)n(C)c2cc(-c3ccc(-c4ccc(-c5cc(-c6ccccc6-c6ccccc6)nc(-c6ccccc6)n5)cc4)cc3)ccc21. The first-order valence-electron chi connectivity index (χ1n) is 16.6. The van der Waals surface area contributed by atoms with Crippen LogP contribution in [0.5, 0.6) is 0 Å². The van der Waals surface area contributed by atoms with Crippen molar-refractivity contribution in [2.24, 2.45) is 7.05 Å². The van der Waals surface area contributed by atoms with Gasteiger partial charge in [0.25, 0.3) is 0 Å². The van der Waals surface area contributed by atoms with Crippen LogP contribution in [0.15, 0.2) is 163 Å². The predicted molar refractivity (Wildman–Crippen MR) is 201 cm³/mol. The van der Waals surface area contributed by atoms with E-state index < -0.39 is 0 Å². The fourth-order valence-electron chi connectivity index (χ4n) is 6.61. The van der Waals surface area contributed by atoms with Gasteiger partial charge >= 0.3 is 5.69 Å². The van der Waals surface area contributed by atoms with Crippen LogP contribution in [-0.4, -0.2) is 19.1 Å². The summed E-state index contributed by atoms with van der Waals surface area (Å²) in [4.78, 5) is 22.8. The van der Waals surface area contributed by atoms with Crippen molar-refractivity contribution in [3.05, 3.63) is 168 Å². The van der Waals surface area contributed by atoms with Crippen molar-refractivity contribution in [1.82, 2.24) is 19.1 Å². The number of imidazole rings is 1. The van der Waals surface area contributed by atoms with Crippen molar-refractivity contribution in [3.63, 3.8) is 0 Å². The molecule has 0 saturated heterocycles. The third kappa shape index (κ3) is 5.66. The second-order valence-corrected chi connectivity index (χ2v) is 12.2. The van der Waals surface area contributed by atoms with Crippen LogP contribution in [0.2, 0.25) is 0 Å². The lowest BCUT2D eigenvalue weighted by Crippen LogP contribution is -2.21. The molecular weight excluding hydrogens is 601 g/mol. The molecule has 0 aliphatic carbocycles. The number of aromatic nitrogens is 4. The molecule has 0 fully saturated rings. The van der Waals surface area contributed by atoms with Crippen molar-refractivity contribution < 1.29 is 0 Å². The Morgan fingerprint density at radius 3 is 1.61 bits per heavy atom. The van der Waals surface area contributed by atoms with Gasteiger partial charge in [-0.15, -0.1) is 0 Å². The lowest BCUT2D eigenvalue weighted by Gasteiger charge is -2.13. The summed E-state index contributed by atoms with van der Waals surface area (Å²) in [5, 5.41) is 0. The highest BCUT2D eigenvalue weighted by molar-refractivity contribution is 5.85. The van der Waals surface area contributed by atoms with E-state index in [-0.39, 0.29) is 5.69 Å². The zero-order chi connectivity index (χ0) is 33.3. The number of fused-ring (bicyclic) bond motifs is 1. The largest absolute Gasteiger partial charge is 0.328 e. The van der Waals surface area contributed by atoms with Crippen molar-refractivity contribution >= 4 is 11.0 Å². The van der Waals surface area contributed by atoms with Crippen molar-refractivity contribution in [3.8, 4) is 67.3 Å². The third-order valence-corrected chi connectivity index (χ3v) is 9.24. The van der Waals surface area contributed by atoms with E-state index in [4.69, 9.17) is 9.97 Å². The normalized spacial score (nSPS) is 11.2. The summed E-state index contributed by atoms with van der Waals surface area (Å²) in [6, 6.07) is 54.6. The second-order valence-electron chi connectivity index (χ2n) is 12.2. The molecule has 6 aromatic carbocycles. The number of hydrogen-bond acceptors (Lipinski definition) is 3. The van der Waals surface area contributed by atoms with Gasteiger partial charge in [0.2, 0.25) is 0 Å². The average molecular weight is 635 g/mol. The van der Waals surface area contributed by atoms with Gasteiger partial charge in [-0.1, -0.05) is 140 Å². The van der Waals surface area contributed by atoms with Crippen LogP contribution in [0.3, 0.4) is 0 Å². The van der Waals surface area contributed by atoms with Gasteiger partial charge in [0.1, 0.15) is 0 Å². The highest BCUT2D eigenvalue weighted by atomic mass is 16.1. The van der Waals surface area contributed by atoms with Crippen LogP contribution in [-0.2, 0) is 13.6 Å². The molecule has 236 valence electrons. The van der Waals surface area contributed by atoms with E-state index in [9.17, 15) is 4.79 Å². The zero-order valence-electron chi connectivity index (χ0n) is 27.4. The van der Waals surface area contributed by atoms with Crippen LogP contribution >= 0.6 is 0 Å². The standard InChI is InChI=1S/C44H34N4O/c1-3-48-41-27-26-36(28-42(41)47(2)44(48)49)32-20-18-30(19-21-32)31-22-24-34(25-23-31)39-29-40(46-43(45-39)35-14-8-5-9-15-35)38-17-11-10-16-37(38)33-12-6-4-7-13-33/h4-29H,3H2,1-2H3. The van der Waals surface area contributed by atoms with E-state index >= 15 is 0 Å². The third-order valence-electron chi connectivity index (χ3n) is 9.24. The molecule has 49 heavy (non-hydrogen) atoms. The van der Waals surface area contributed by atoms with Crippen LogP contribution in [0, 0.1) is 0 Å². The second kappa shape index (κ2) is 12.7. The molecule has 0 aliphatic rings. The van der Waals surface area contributed by atoms with Gasteiger partial charge in [-0.2, -0.15) is 0 Å². The van der Waals surface area contributed by atoms with E-state index in [0.29, 0.717) is 12.4 Å². The Morgan fingerprint density at radius 1 is 0.469 bits per heavy atom. The minimum atomic E-state index is 0.0138. The molecule has 0 radical (unpaired) electrons. The van der Waals surface area contributed by atoms with Crippen LogP contribution < -0.4 is 5.69 Å². The average Bonchev–Trinajstić information content (AvgIpc) is 3.42. The van der Waals surface area contributed by atoms with Crippen LogP contribution in [0.25, 0.3) is 78.3 Å². The van der Waals surface area contributed by atoms with Crippen LogP contribution in [0.1, 0.15) is 6.92 Å². The maximum atomic E-state index is 12.6. The summed E-state index contributed by atoms with van der Waals surface area (Å²) in [7, 11) is 1.84. The first kappa shape index (κ1) is 30.0. The summed E-state index contributed by atoms with van der Waals surface area (Å²) in [6.07, 6.45) is 0. The van der Waals surface area contributed by atoms with E-state index in [1.807, 2.05) is 44.3 Å². The Morgan fingerprint density at radius 2 is 0.980 bits per heavy atom. The van der Waals surface area contributed by atoms with E-state index in [1.165, 1.54) is 0 Å². The molecule has 2 heterocycles. The Balaban J connectivity index is 1.13. The predicted octanol–water partition coefficient (Wildman–Crippen LogP) is 10.2. The fourth-order valence-corrected chi connectivity index (χ4v) is 6.61. The molecule has 0 N–H and O–H groups in total. The van der Waals surface area contributed by atoms with Gasteiger partial charge in [-0.05, 0) is 58.5 Å². The zero-order valence-corrected chi connectivity index (χ0v) is 27.4. The van der Waals surface area contributed by atoms with E-state index in [1.54, 1.807) is 9.13 Å². The molecule has 0 bridgehead atoms. The lowest BCUT2D eigenvalue weighted by atomic mass is 9.96. The van der Waals surface area contributed by atoms with Gasteiger partial charge < -0.3 is 0 Å². The fraction of sp³-hybridized carbons (Fsp3) is 0.0682. The Bertz CT molecular complexity index is 2480. The number of benzene rings is 6. The molecule has 0 spiro atoms. The minimum Gasteiger partial charge on any atom is -0.295 e. The topological polar surface area (TPSA) is 52.7 Å². The number of hydrogen-bond donors (Lipinski definition) is 0. The summed E-state index contributed by atoms with van der Waals surface area (Å²) < 4.78 is 3.53. The maximum absolute atomic E-state index is 12.6. The highest BCUT2D eigenvalue weighted by Crippen LogP contribution is 2.35. The smallest absolute Gasteiger partial charge is 0.295 e. The summed E-state index contributed by atoms with van der Waals surface area (Å²) in [5.74, 6) is 0.695. The Labute approximate surface area is 285 Å². The first-order valence-corrected chi connectivity index (χ1v) is 16.6. The molecule has 0 aliphatic heterocycles. The number of rotatable bonds is 7. The summed E-state index contributed by atoms with van der Waals surface area (Å²) in [6.45, 7) is 2.65. The monoisotopic (exact) mass is 634 g/mol. The molecule has 2 aromatic heterocycles. The summed E-state index contributed by atoms with van der Waals surface area (Å²) >= 11 is 0. The molecular formula is C44H34N4O. The maximum Gasteiger partial charge on any atom is 0.328 e. The molecule has 0 unspecified atom stereocenters. The number of nitrogens with zero attached hydrogens (tertiary/aromatic N) is 4. The molecule has 0 saturated carbocycles. The van der Waals surface area contributed by atoms with Gasteiger partial charge in [0.15, 0.2) is 5.82 Å². The van der Waals surface area contributed by atoms with Gasteiger partial charge in [0, 0.05) is 30.3 Å². The molecule has 0 amide bonds. The number of aryl methyl sites for hydroxylation is 2. The molecule has 5 heteroatoms. The van der Waals surface area contributed by atoms with Crippen molar-refractivity contribution in [1.29, 1.82) is 0 Å². The molecule has 5 nitrogen and oxygen atoms in total.